The van der Waals surface area contributed by atoms with Gasteiger partial charge in [0.05, 0.1) is 17.1 Å². The quantitative estimate of drug-likeness (QED) is 0.773. The number of hydrogen-bond donors (Lipinski definition) is 2. The summed E-state index contributed by atoms with van der Waals surface area (Å²) in [6, 6.07) is 5.24. The van der Waals surface area contributed by atoms with Gasteiger partial charge in [0.1, 0.15) is 9.84 Å². The standard InChI is InChI=1S/C10H13NO6S2/c1-18(14,15)5-6-19(16,17)11-9-4-2-3-8(7-9)10(12)13/h2-4,7,11H,5-6H2,1H3,(H,12,13). The molecule has 0 fully saturated rings. The van der Waals surface area contributed by atoms with Crippen molar-refractivity contribution in [1.82, 2.24) is 0 Å². The molecule has 0 spiro atoms. The molecule has 0 aliphatic rings. The molecule has 0 aromatic heterocycles. The van der Waals surface area contributed by atoms with Crippen LogP contribution in [-0.4, -0.2) is 45.7 Å². The third-order valence-corrected chi connectivity index (χ3v) is 4.60. The van der Waals surface area contributed by atoms with Crippen molar-refractivity contribution < 1.29 is 26.7 Å². The molecule has 0 radical (unpaired) electrons. The van der Waals surface area contributed by atoms with Gasteiger partial charge in [-0.3, -0.25) is 4.72 Å². The molecule has 7 nitrogen and oxygen atoms in total. The minimum atomic E-state index is -3.83. The molecule has 19 heavy (non-hydrogen) atoms. The molecule has 0 aliphatic carbocycles. The molecule has 0 bridgehead atoms. The lowest BCUT2D eigenvalue weighted by atomic mass is 10.2. The first-order valence-corrected chi connectivity index (χ1v) is 8.82. The van der Waals surface area contributed by atoms with Crippen LogP contribution in [0.5, 0.6) is 0 Å². The Morgan fingerprint density at radius 1 is 1.21 bits per heavy atom. The molecule has 0 unspecified atom stereocenters. The topological polar surface area (TPSA) is 118 Å². The van der Waals surface area contributed by atoms with Crippen LogP contribution in [0, 0.1) is 0 Å². The van der Waals surface area contributed by atoms with Gasteiger partial charge in [0.15, 0.2) is 0 Å². The van der Waals surface area contributed by atoms with E-state index in [9.17, 15) is 21.6 Å². The normalized spacial score (nSPS) is 12.1. The van der Waals surface area contributed by atoms with Crippen LogP contribution in [-0.2, 0) is 19.9 Å². The van der Waals surface area contributed by atoms with Gasteiger partial charge in [0.2, 0.25) is 10.0 Å². The summed E-state index contributed by atoms with van der Waals surface area (Å²) in [6.45, 7) is 0. The van der Waals surface area contributed by atoms with Crippen LogP contribution in [0.1, 0.15) is 10.4 Å². The number of carbonyl (C=O) groups is 1. The number of anilines is 1. The Bertz CT molecular complexity index is 678. The van der Waals surface area contributed by atoms with E-state index in [2.05, 4.69) is 4.72 Å². The van der Waals surface area contributed by atoms with Crippen LogP contribution >= 0.6 is 0 Å². The van der Waals surface area contributed by atoms with Crippen molar-refractivity contribution in [3.63, 3.8) is 0 Å². The van der Waals surface area contributed by atoms with E-state index in [1.807, 2.05) is 0 Å². The fraction of sp³-hybridized carbons (Fsp3) is 0.300. The van der Waals surface area contributed by atoms with Crippen LogP contribution in [0.15, 0.2) is 24.3 Å². The summed E-state index contributed by atoms with van der Waals surface area (Å²) in [7, 11) is -7.22. The molecular formula is C10H13NO6S2. The number of aromatic carboxylic acids is 1. The summed E-state index contributed by atoms with van der Waals surface area (Å²) < 4.78 is 47.1. The van der Waals surface area contributed by atoms with E-state index in [4.69, 9.17) is 5.11 Å². The maximum atomic E-state index is 11.6. The van der Waals surface area contributed by atoms with Crippen molar-refractivity contribution in [2.24, 2.45) is 0 Å². The first kappa shape index (κ1) is 15.4. The summed E-state index contributed by atoms with van der Waals surface area (Å²) >= 11 is 0. The third-order valence-electron chi connectivity index (χ3n) is 2.11. The molecule has 1 aromatic carbocycles. The third kappa shape index (κ3) is 5.71. The molecule has 2 N–H and O–H groups in total. The zero-order valence-corrected chi connectivity index (χ0v) is 11.7. The zero-order valence-electron chi connectivity index (χ0n) is 10.0. The van der Waals surface area contributed by atoms with Crippen LogP contribution in [0.4, 0.5) is 5.69 Å². The smallest absolute Gasteiger partial charge is 0.335 e. The highest BCUT2D eigenvalue weighted by Crippen LogP contribution is 2.12. The number of sulfone groups is 1. The summed E-state index contributed by atoms with van der Waals surface area (Å²) in [4.78, 5) is 10.7. The van der Waals surface area contributed by atoms with Gasteiger partial charge in [0, 0.05) is 11.9 Å². The number of carboxylic acid groups (broad SMARTS) is 1. The monoisotopic (exact) mass is 307 g/mol. The molecule has 106 valence electrons. The Labute approximate surface area is 111 Å². The van der Waals surface area contributed by atoms with Crippen LogP contribution in [0.3, 0.4) is 0 Å². The van der Waals surface area contributed by atoms with Crippen molar-refractivity contribution >= 4 is 31.5 Å². The van der Waals surface area contributed by atoms with Crippen molar-refractivity contribution in [3.8, 4) is 0 Å². The molecule has 9 heteroatoms. The molecule has 1 aromatic rings. The van der Waals surface area contributed by atoms with Gasteiger partial charge in [0.25, 0.3) is 0 Å². The lowest BCUT2D eigenvalue weighted by Crippen LogP contribution is -2.22. The van der Waals surface area contributed by atoms with Gasteiger partial charge in [-0.15, -0.1) is 0 Å². The van der Waals surface area contributed by atoms with Gasteiger partial charge in [-0.1, -0.05) is 6.07 Å². The van der Waals surface area contributed by atoms with E-state index in [0.717, 1.165) is 12.3 Å². The number of rotatable bonds is 6. The maximum absolute atomic E-state index is 11.6. The minimum absolute atomic E-state index is 0.0664. The molecule has 0 heterocycles. The highest BCUT2D eigenvalue weighted by Gasteiger charge is 2.15. The molecule has 0 saturated heterocycles. The van der Waals surface area contributed by atoms with Crippen molar-refractivity contribution in [2.75, 3.05) is 22.5 Å². The second-order valence-electron chi connectivity index (χ2n) is 3.94. The summed E-state index contributed by atoms with van der Waals surface area (Å²) in [6.07, 6.45) is 0.938. The Morgan fingerprint density at radius 3 is 2.37 bits per heavy atom. The summed E-state index contributed by atoms with van der Waals surface area (Å²) in [5.41, 5.74) is 0.0108. The Balaban J connectivity index is 2.84. The van der Waals surface area contributed by atoms with E-state index in [0.29, 0.717) is 0 Å². The Hall–Kier alpha value is -1.61. The zero-order chi connectivity index (χ0) is 14.7. The Kier molecular flexibility index (Phi) is 4.53. The van der Waals surface area contributed by atoms with Crippen LogP contribution in [0.2, 0.25) is 0 Å². The van der Waals surface area contributed by atoms with E-state index < -0.39 is 37.3 Å². The number of carboxylic acids is 1. The fourth-order valence-electron chi connectivity index (χ4n) is 1.21. The molecule has 0 aliphatic heterocycles. The average molecular weight is 307 g/mol. The molecular weight excluding hydrogens is 294 g/mol. The molecule has 0 saturated carbocycles. The predicted octanol–water partition coefficient (Wildman–Crippen LogP) is 0.171. The largest absolute Gasteiger partial charge is 0.478 e. The van der Waals surface area contributed by atoms with Crippen LogP contribution in [0.25, 0.3) is 0 Å². The van der Waals surface area contributed by atoms with Crippen molar-refractivity contribution in [3.05, 3.63) is 29.8 Å². The maximum Gasteiger partial charge on any atom is 0.335 e. The molecule has 0 atom stereocenters. The highest BCUT2D eigenvalue weighted by molar-refractivity contribution is 7.95. The van der Waals surface area contributed by atoms with Crippen molar-refractivity contribution in [2.45, 2.75) is 0 Å². The van der Waals surface area contributed by atoms with E-state index in [1.54, 1.807) is 0 Å². The van der Waals surface area contributed by atoms with E-state index >= 15 is 0 Å². The van der Waals surface area contributed by atoms with Gasteiger partial charge >= 0.3 is 5.97 Å². The van der Waals surface area contributed by atoms with Gasteiger partial charge < -0.3 is 5.11 Å². The predicted molar refractivity (Wildman–Crippen MR) is 70.5 cm³/mol. The van der Waals surface area contributed by atoms with E-state index in [-0.39, 0.29) is 11.3 Å². The second kappa shape index (κ2) is 5.57. The fourth-order valence-corrected chi connectivity index (χ4v) is 3.88. The number of hydrogen-bond acceptors (Lipinski definition) is 5. The summed E-state index contributed by atoms with van der Waals surface area (Å²) in [5, 5.41) is 8.76. The molecule has 0 amide bonds. The Morgan fingerprint density at radius 2 is 1.84 bits per heavy atom. The lowest BCUT2D eigenvalue weighted by Gasteiger charge is -2.08. The molecule has 1 rings (SSSR count). The number of sulfonamides is 1. The number of nitrogens with one attached hydrogen (secondary N) is 1. The van der Waals surface area contributed by atoms with Gasteiger partial charge in [-0.05, 0) is 18.2 Å². The van der Waals surface area contributed by atoms with Crippen molar-refractivity contribution in [1.29, 1.82) is 0 Å². The minimum Gasteiger partial charge on any atom is -0.478 e. The highest BCUT2D eigenvalue weighted by atomic mass is 32.2. The number of benzene rings is 1. The first-order valence-electron chi connectivity index (χ1n) is 5.11. The summed E-state index contributed by atoms with van der Waals surface area (Å²) in [5.74, 6) is -2.26. The lowest BCUT2D eigenvalue weighted by molar-refractivity contribution is 0.0697. The van der Waals surface area contributed by atoms with E-state index in [1.165, 1.54) is 18.2 Å². The van der Waals surface area contributed by atoms with Crippen LogP contribution < -0.4 is 4.72 Å². The van der Waals surface area contributed by atoms with Gasteiger partial charge in [-0.2, -0.15) is 0 Å². The average Bonchev–Trinajstić information content (AvgIpc) is 2.25. The second-order valence-corrected chi connectivity index (χ2v) is 8.04. The van der Waals surface area contributed by atoms with Gasteiger partial charge in [-0.25, -0.2) is 21.6 Å². The first-order chi connectivity index (χ1) is 8.59. The SMILES string of the molecule is CS(=O)(=O)CCS(=O)(=O)Nc1cccc(C(=O)O)c1.